The van der Waals surface area contributed by atoms with Gasteiger partial charge in [-0.25, -0.2) is 9.97 Å². The molecule has 0 saturated carbocycles. The summed E-state index contributed by atoms with van der Waals surface area (Å²) in [6, 6.07) is 11.5. The second-order valence-electron chi connectivity index (χ2n) is 5.63. The number of aromatic nitrogens is 2. The molecule has 3 aromatic rings. The fraction of sp³-hybridized carbons (Fsp3) is 0.263. The van der Waals surface area contributed by atoms with Gasteiger partial charge < -0.3 is 14.5 Å². The predicted octanol–water partition coefficient (Wildman–Crippen LogP) is 3.64. The smallest absolute Gasteiger partial charge is 0.187 e. The lowest BCUT2D eigenvalue weighted by Crippen LogP contribution is -2.82. The van der Waals surface area contributed by atoms with Gasteiger partial charge in [0.05, 0.1) is 18.7 Å². The van der Waals surface area contributed by atoms with Gasteiger partial charge in [-0.15, -0.1) is 0 Å². The van der Waals surface area contributed by atoms with E-state index >= 15 is 0 Å². The summed E-state index contributed by atoms with van der Waals surface area (Å²) < 4.78 is 11.1. The van der Waals surface area contributed by atoms with Crippen molar-refractivity contribution >= 4 is 23.4 Å². The Morgan fingerprint density at radius 1 is 1.19 bits per heavy atom. The summed E-state index contributed by atoms with van der Waals surface area (Å²) in [5.41, 5.74) is 0.946. The molecule has 2 N–H and O–H groups in total. The van der Waals surface area contributed by atoms with E-state index in [1.165, 1.54) is 0 Å². The van der Waals surface area contributed by atoms with E-state index in [-0.39, 0.29) is 0 Å². The zero-order chi connectivity index (χ0) is 18.2. The zero-order valence-electron chi connectivity index (χ0n) is 14.5. The summed E-state index contributed by atoms with van der Waals surface area (Å²) in [6.07, 6.45) is 4.63. The normalized spacial score (nSPS) is 10.8. The van der Waals surface area contributed by atoms with Crippen molar-refractivity contribution in [1.29, 1.82) is 0 Å². The summed E-state index contributed by atoms with van der Waals surface area (Å²) in [5, 5.41) is 3.66. The molecule has 0 amide bonds. The Kier molecular flexibility index (Phi) is 6.94. The van der Waals surface area contributed by atoms with Crippen molar-refractivity contribution in [3.8, 4) is 17.1 Å². The Hall–Kier alpha value is -2.02. The van der Waals surface area contributed by atoms with Gasteiger partial charge in [-0.2, -0.15) is 0 Å². The van der Waals surface area contributed by atoms with E-state index in [9.17, 15) is 0 Å². The molecule has 1 aromatic carbocycles. The average Bonchev–Trinajstić information content (AvgIpc) is 3.14. The monoisotopic (exact) mass is 390 g/mol. The van der Waals surface area contributed by atoms with Crippen LogP contribution in [0, 0.1) is 0 Å². The molecule has 26 heavy (non-hydrogen) atoms. The van der Waals surface area contributed by atoms with E-state index < -0.39 is 0 Å². The third kappa shape index (κ3) is 5.24. The first kappa shape index (κ1) is 18.8. The highest BCUT2D eigenvalue weighted by molar-refractivity contribution is 7.99. The first-order valence-electron chi connectivity index (χ1n) is 8.40. The minimum Gasteiger partial charge on any atom is -0.495 e. The molecule has 2 heterocycles. The zero-order valence-corrected chi connectivity index (χ0v) is 16.1. The molecule has 0 aliphatic rings. The molecule has 0 unspecified atom stereocenters. The Morgan fingerprint density at radius 3 is 2.81 bits per heavy atom. The molecule has 136 valence electrons. The number of rotatable bonds is 9. The van der Waals surface area contributed by atoms with E-state index in [1.54, 1.807) is 31.3 Å². The lowest BCUT2D eigenvalue weighted by molar-refractivity contribution is -0.672. The number of quaternary nitrogens is 1. The maximum absolute atomic E-state index is 6.18. The van der Waals surface area contributed by atoms with Crippen molar-refractivity contribution < 1.29 is 14.5 Å². The number of nitrogens with zero attached hydrogens (tertiary/aromatic N) is 2. The van der Waals surface area contributed by atoms with Gasteiger partial charge in [0, 0.05) is 30.1 Å². The summed E-state index contributed by atoms with van der Waals surface area (Å²) in [5.74, 6) is 3.43. The molecule has 3 rings (SSSR count). The van der Waals surface area contributed by atoms with Gasteiger partial charge in [-0.05, 0) is 36.4 Å². The number of ether oxygens (including phenoxy) is 1. The van der Waals surface area contributed by atoms with Crippen LogP contribution in [0.4, 0.5) is 0 Å². The molecule has 0 saturated heterocycles. The highest BCUT2D eigenvalue weighted by Gasteiger charge is 2.09. The number of hydrogen-bond donors (Lipinski definition) is 1. The molecule has 0 aliphatic heterocycles. The summed E-state index contributed by atoms with van der Waals surface area (Å²) in [4.78, 5) is 8.40. The largest absolute Gasteiger partial charge is 0.495 e. The van der Waals surface area contributed by atoms with Crippen molar-refractivity contribution in [3.05, 3.63) is 59.6 Å². The molecule has 5 nitrogen and oxygen atoms in total. The van der Waals surface area contributed by atoms with Gasteiger partial charge >= 0.3 is 0 Å². The van der Waals surface area contributed by atoms with Crippen LogP contribution in [-0.4, -0.2) is 29.4 Å². The SMILES string of the molecule is COc1ccc(-c2ccc(C[NH2+]CCCSc3ncccn3)o2)cc1Cl. The standard InChI is InChI=1S/C19H20ClN3O2S/c1-24-18-6-4-14(12-16(18)20)17-7-5-15(25-17)13-21-8-3-11-26-19-22-9-2-10-23-19/h2,4-7,9-10,12,21H,3,8,11,13H2,1H3/p+1. The second kappa shape index (κ2) is 9.62. The van der Waals surface area contributed by atoms with Crippen molar-refractivity contribution in [2.45, 2.75) is 18.1 Å². The molecule has 0 atom stereocenters. The Balaban J connectivity index is 1.42. The predicted molar refractivity (Wildman–Crippen MR) is 104 cm³/mol. The molecule has 0 bridgehead atoms. The number of methoxy groups -OCH3 is 1. The van der Waals surface area contributed by atoms with E-state index in [0.29, 0.717) is 10.8 Å². The van der Waals surface area contributed by atoms with Crippen molar-refractivity contribution in [1.82, 2.24) is 9.97 Å². The summed E-state index contributed by atoms with van der Waals surface area (Å²) >= 11 is 7.86. The number of thioether (sulfide) groups is 1. The second-order valence-corrected chi connectivity index (χ2v) is 7.10. The first-order valence-corrected chi connectivity index (χ1v) is 9.77. The fourth-order valence-electron chi connectivity index (χ4n) is 2.46. The molecule has 0 aliphatic carbocycles. The van der Waals surface area contributed by atoms with Crippen LogP contribution in [0.25, 0.3) is 11.3 Å². The van der Waals surface area contributed by atoms with Crippen LogP contribution in [0.15, 0.2) is 58.4 Å². The molecular weight excluding hydrogens is 370 g/mol. The van der Waals surface area contributed by atoms with Gasteiger partial charge in [0.25, 0.3) is 0 Å². The third-order valence-corrected chi connectivity index (χ3v) is 5.03. The Bertz CT molecular complexity index is 827. The number of benzene rings is 1. The minimum absolute atomic E-state index is 0.578. The van der Waals surface area contributed by atoms with Crippen molar-refractivity contribution in [2.24, 2.45) is 0 Å². The minimum atomic E-state index is 0.578. The van der Waals surface area contributed by atoms with Crippen LogP contribution in [0.3, 0.4) is 0 Å². The topological polar surface area (TPSA) is 64.8 Å². The molecule has 7 heteroatoms. The Morgan fingerprint density at radius 2 is 2.04 bits per heavy atom. The van der Waals surface area contributed by atoms with Gasteiger partial charge in [-0.1, -0.05) is 23.4 Å². The molecule has 2 aromatic heterocycles. The fourth-order valence-corrected chi connectivity index (χ4v) is 3.48. The van der Waals surface area contributed by atoms with Crippen LogP contribution in [0.5, 0.6) is 5.75 Å². The summed E-state index contributed by atoms with van der Waals surface area (Å²) in [6.45, 7) is 1.85. The van der Waals surface area contributed by atoms with Gasteiger partial charge in [0.15, 0.2) is 10.9 Å². The number of nitrogens with two attached hydrogens (primary N) is 1. The highest BCUT2D eigenvalue weighted by atomic mass is 35.5. The van der Waals surface area contributed by atoms with Crippen molar-refractivity contribution in [3.63, 3.8) is 0 Å². The van der Waals surface area contributed by atoms with Gasteiger partial charge in [-0.3, -0.25) is 0 Å². The van der Waals surface area contributed by atoms with Crippen LogP contribution < -0.4 is 10.1 Å². The lowest BCUT2D eigenvalue weighted by Gasteiger charge is -2.04. The number of halogens is 1. The quantitative estimate of drug-likeness (QED) is 0.343. The van der Waals surface area contributed by atoms with E-state index in [0.717, 1.165) is 47.5 Å². The van der Waals surface area contributed by atoms with Gasteiger partial charge in [0.2, 0.25) is 0 Å². The molecular formula is C19H21ClN3O2S+. The van der Waals surface area contributed by atoms with E-state index in [1.807, 2.05) is 36.4 Å². The van der Waals surface area contributed by atoms with Crippen LogP contribution >= 0.6 is 23.4 Å². The molecule has 0 spiro atoms. The van der Waals surface area contributed by atoms with Crippen LogP contribution in [0.1, 0.15) is 12.2 Å². The maximum atomic E-state index is 6.18. The highest BCUT2D eigenvalue weighted by Crippen LogP contribution is 2.30. The van der Waals surface area contributed by atoms with E-state index in [4.69, 9.17) is 20.8 Å². The third-order valence-electron chi connectivity index (χ3n) is 3.77. The van der Waals surface area contributed by atoms with Crippen LogP contribution in [0.2, 0.25) is 5.02 Å². The van der Waals surface area contributed by atoms with E-state index in [2.05, 4.69) is 15.3 Å². The maximum Gasteiger partial charge on any atom is 0.187 e. The molecule has 0 radical (unpaired) electrons. The number of furan rings is 1. The average molecular weight is 391 g/mol. The van der Waals surface area contributed by atoms with Crippen LogP contribution in [-0.2, 0) is 6.54 Å². The lowest BCUT2D eigenvalue weighted by atomic mass is 10.2. The van der Waals surface area contributed by atoms with Gasteiger partial charge in [0.1, 0.15) is 18.1 Å². The Labute approximate surface area is 162 Å². The number of hydrogen-bond acceptors (Lipinski definition) is 5. The van der Waals surface area contributed by atoms with Crippen molar-refractivity contribution in [2.75, 3.05) is 19.4 Å². The molecule has 0 fully saturated rings. The first-order chi connectivity index (χ1) is 12.8. The summed E-state index contributed by atoms with van der Waals surface area (Å²) in [7, 11) is 1.60.